The molecule has 2 N–H and O–H groups in total. The molecule has 0 amide bonds. The van der Waals surface area contributed by atoms with Crippen molar-refractivity contribution in [1.29, 1.82) is 0 Å². The maximum Gasteiger partial charge on any atom is 0.191 e. The van der Waals surface area contributed by atoms with Gasteiger partial charge in [0.15, 0.2) is 5.96 Å². The minimum absolute atomic E-state index is 0.0520. The summed E-state index contributed by atoms with van der Waals surface area (Å²) >= 11 is 6.10. The molecule has 2 aromatic rings. The third kappa shape index (κ3) is 7.08. The normalized spacial score (nSPS) is 12.3. The predicted molar refractivity (Wildman–Crippen MR) is 110 cm³/mol. The van der Waals surface area contributed by atoms with Crippen LogP contribution < -0.4 is 10.6 Å². The lowest BCUT2D eigenvalue weighted by atomic mass is 9.86. The molecule has 0 spiro atoms. The molecule has 0 aliphatic carbocycles. The Balaban J connectivity index is 1.89. The first kappa shape index (κ1) is 20.3. The summed E-state index contributed by atoms with van der Waals surface area (Å²) in [5.41, 5.74) is 2.51. The van der Waals surface area contributed by atoms with Crippen LogP contribution in [-0.4, -0.2) is 35.4 Å². The van der Waals surface area contributed by atoms with E-state index < -0.39 is 0 Å². The van der Waals surface area contributed by atoms with Crippen molar-refractivity contribution in [3.63, 3.8) is 0 Å². The second-order valence-electron chi connectivity index (χ2n) is 7.37. The summed E-state index contributed by atoms with van der Waals surface area (Å²) in [5.74, 6) is 0.857. The Kier molecular flexibility index (Phi) is 7.51. The highest BCUT2D eigenvalue weighted by Gasteiger charge is 2.18. The summed E-state index contributed by atoms with van der Waals surface area (Å²) in [5, 5.41) is 11.7. The molecule has 1 heterocycles. The van der Waals surface area contributed by atoms with Crippen molar-refractivity contribution in [3.8, 4) is 0 Å². The van der Waals surface area contributed by atoms with E-state index in [1.165, 1.54) is 11.1 Å². The number of guanidine groups is 1. The number of halogens is 1. The molecule has 0 aliphatic heterocycles. The van der Waals surface area contributed by atoms with E-state index in [4.69, 9.17) is 16.6 Å². The van der Waals surface area contributed by atoms with Gasteiger partial charge in [0.1, 0.15) is 0 Å². The smallest absolute Gasteiger partial charge is 0.191 e. The number of aliphatic imine (C=N–C) groups is 1. The monoisotopic (exact) mass is 375 g/mol. The Bertz CT molecular complexity index is 720. The minimum atomic E-state index is 0.0520. The third-order valence-electron chi connectivity index (χ3n) is 4.05. The molecule has 5 nitrogen and oxygen atoms in total. The second-order valence-corrected chi connectivity index (χ2v) is 7.80. The Labute approximate surface area is 161 Å². The van der Waals surface area contributed by atoms with E-state index in [2.05, 4.69) is 42.6 Å². The summed E-state index contributed by atoms with van der Waals surface area (Å²) in [6.45, 7) is 8.95. The molecule has 1 aromatic heterocycles. The molecule has 6 heteroatoms. The second kappa shape index (κ2) is 9.62. The van der Waals surface area contributed by atoms with Gasteiger partial charge in [-0.25, -0.2) is 0 Å². The zero-order chi connectivity index (χ0) is 19.0. The standard InChI is InChI=1S/C20H30ClN5/c1-5-22-19(23-10-9-17-13-25-26(4)14-17)24-15-20(2,3)12-16-7-6-8-18(21)11-16/h6-8,11,13-14H,5,9-10,12,15H2,1-4H3,(H2,22,23,24). The molecule has 0 radical (unpaired) electrons. The van der Waals surface area contributed by atoms with Crippen molar-refractivity contribution in [3.05, 3.63) is 52.8 Å². The van der Waals surface area contributed by atoms with E-state index in [-0.39, 0.29) is 5.41 Å². The van der Waals surface area contributed by atoms with Crippen molar-refractivity contribution in [2.45, 2.75) is 33.6 Å². The van der Waals surface area contributed by atoms with Gasteiger partial charge >= 0.3 is 0 Å². The summed E-state index contributed by atoms with van der Waals surface area (Å²) in [4.78, 5) is 4.78. The number of nitrogens with one attached hydrogen (secondary N) is 2. The topological polar surface area (TPSA) is 54.2 Å². The third-order valence-corrected chi connectivity index (χ3v) is 4.28. The first-order chi connectivity index (χ1) is 12.4. The van der Waals surface area contributed by atoms with Crippen LogP contribution in [0.2, 0.25) is 5.02 Å². The highest BCUT2D eigenvalue weighted by Crippen LogP contribution is 2.23. The van der Waals surface area contributed by atoms with Crippen LogP contribution in [0.25, 0.3) is 0 Å². The van der Waals surface area contributed by atoms with Gasteiger partial charge in [-0.05, 0) is 48.4 Å². The minimum Gasteiger partial charge on any atom is -0.357 e. The van der Waals surface area contributed by atoms with Crippen LogP contribution in [0.5, 0.6) is 0 Å². The van der Waals surface area contributed by atoms with Crippen molar-refractivity contribution < 1.29 is 0 Å². The summed E-state index contributed by atoms with van der Waals surface area (Å²) in [6, 6.07) is 8.06. The average Bonchev–Trinajstić information content (AvgIpc) is 2.97. The Morgan fingerprint density at radius 3 is 2.73 bits per heavy atom. The first-order valence-corrected chi connectivity index (χ1v) is 9.50. The number of nitrogens with zero attached hydrogens (tertiary/aromatic N) is 3. The van der Waals surface area contributed by atoms with E-state index in [1.54, 1.807) is 0 Å². The van der Waals surface area contributed by atoms with Gasteiger partial charge in [0.05, 0.1) is 6.20 Å². The zero-order valence-corrected chi connectivity index (χ0v) is 17.0. The van der Waals surface area contributed by atoms with Gasteiger partial charge in [0.25, 0.3) is 0 Å². The van der Waals surface area contributed by atoms with Gasteiger partial charge in [-0.15, -0.1) is 0 Å². The SMILES string of the molecule is CCNC(=NCC(C)(C)Cc1cccc(Cl)c1)NCCc1cnn(C)c1. The van der Waals surface area contributed by atoms with Crippen LogP contribution in [0, 0.1) is 5.41 Å². The number of hydrogen-bond acceptors (Lipinski definition) is 2. The van der Waals surface area contributed by atoms with Gasteiger partial charge in [-0.2, -0.15) is 5.10 Å². The van der Waals surface area contributed by atoms with Gasteiger partial charge < -0.3 is 10.6 Å². The van der Waals surface area contributed by atoms with Crippen LogP contribution in [0.1, 0.15) is 31.9 Å². The summed E-state index contributed by atoms with van der Waals surface area (Å²) < 4.78 is 1.83. The Hall–Kier alpha value is -2.01. The Morgan fingerprint density at radius 1 is 1.27 bits per heavy atom. The number of aryl methyl sites for hydroxylation is 1. The molecule has 0 saturated heterocycles. The molecule has 142 valence electrons. The van der Waals surface area contributed by atoms with Crippen molar-refractivity contribution in [1.82, 2.24) is 20.4 Å². The number of benzene rings is 1. The van der Waals surface area contributed by atoms with Crippen LogP contribution in [0.3, 0.4) is 0 Å². The molecule has 0 bridgehead atoms. The lowest BCUT2D eigenvalue weighted by Gasteiger charge is -2.23. The molecule has 0 unspecified atom stereocenters. The van der Waals surface area contributed by atoms with Crippen LogP contribution >= 0.6 is 11.6 Å². The maximum absolute atomic E-state index is 6.10. The molecular weight excluding hydrogens is 346 g/mol. The summed E-state index contributed by atoms with van der Waals surface area (Å²) in [7, 11) is 1.93. The fourth-order valence-corrected chi connectivity index (χ4v) is 3.03. The van der Waals surface area contributed by atoms with Crippen molar-refractivity contribution in [2.75, 3.05) is 19.6 Å². The fourth-order valence-electron chi connectivity index (χ4n) is 2.82. The number of rotatable bonds is 8. The van der Waals surface area contributed by atoms with Crippen molar-refractivity contribution >= 4 is 17.6 Å². The lowest BCUT2D eigenvalue weighted by Crippen LogP contribution is -2.39. The average molecular weight is 376 g/mol. The largest absolute Gasteiger partial charge is 0.357 e. The highest BCUT2D eigenvalue weighted by molar-refractivity contribution is 6.30. The Morgan fingerprint density at radius 2 is 2.08 bits per heavy atom. The van der Waals surface area contributed by atoms with Gasteiger partial charge in [-0.1, -0.05) is 37.6 Å². The van der Waals surface area contributed by atoms with Gasteiger partial charge in [0, 0.05) is 37.9 Å². The van der Waals surface area contributed by atoms with E-state index in [9.17, 15) is 0 Å². The maximum atomic E-state index is 6.10. The predicted octanol–water partition coefficient (Wildman–Crippen LogP) is 3.44. The van der Waals surface area contributed by atoms with E-state index in [0.717, 1.165) is 43.5 Å². The van der Waals surface area contributed by atoms with Crippen LogP contribution in [-0.2, 0) is 19.9 Å². The van der Waals surface area contributed by atoms with Gasteiger partial charge in [0.2, 0.25) is 0 Å². The molecule has 0 saturated carbocycles. The molecular formula is C20H30ClN5. The number of hydrogen-bond donors (Lipinski definition) is 2. The highest BCUT2D eigenvalue weighted by atomic mass is 35.5. The fraction of sp³-hybridized carbons (Fsp3) is 0.500. The first-order valence-electron chi connectivity index (χ1n) is 9.12. The molecule has 0 atom stereocenters. The van der Waals surface area contributed by atoms with Crippen LogP contribution in [0.4, 0.5) is 0 Å². The number of aromatic nitrogens is 2. The van der Waals surface area contributed by atoms with E-state index in [1.807, 2.05) is 42.3 Å². The molecule has 0 fully saturated rings. The van der Waals surface area contributed by atoms with Crippen LogP contribution in [0.15, 0.2) is 41.7 Å². The van der Waals surface area contributed by atoms with Crippen molar-refractivity contribution in [2.24, 2.45) is 17.5 Å². The molecule has 26 heavy (non-hydrogen) atoms. The van der Waals surface area contributed by atoms with E-state index in [0.29, 0.717) is 0 Å². The molecule has 2 rings (SSSR count). The summed E-state index contributed by atoms with van der Waals surface area (Å²) in [6.07, 6.45) is 5.80. The van der Waals surface area contributed by atoms with E-state index >= 15 is 0 Å². The van der Waals surface area contributed by atoms with Gasteiger partial charge in [-0.3, -0.25) is 9.67 Å². The quantitative estimate of drug-likeness (QED) is 0.549. The zero-order valence-electron chi connectivity index (χ0n) is 16.2. The lowest BCUT2D eigenvalue weighted by molar-refractivity contribution is 0.377. The molecule has 1 aromatic carbocycles. The molecule has 0 aliphatic rings.